The van der Waals surface area contributed by atoms with E-state index in [2.05, 4.69) is 15.2 Å². The van der Waals surface area contributed by atoms with Crippen molar-refractivity contribution in [2.24, 2.45) is 7.05 Å². The average Bonchev–Trinajstić information content (AvgIpc) is 3.25. The van der Waals surface area contributed by atoms with Crippen molar-refractivity contribution in [3.63, 3.8) is 0 Å². The summed E-state index contributed by atoms with van der Waals surface area (Å²) in [7, 11) is 1.72. The van der Waals surface area contributed by atoms with E-state index in [9.17, 15) is 4.79 Å². The largest absolute Gasteiger partial charge is 0.487 e. The number of benzene rings is 2. The van der Waals surface area contributed by atoms with Crippen molar-refractivity contribution in [3.8, 4) is 5.75 Å². The van der Waals surface area contributed by atoms with Crippen LogP contribution < -0.4 is 10.3 Å². The fraction of sp³-hybridized carbons (Fsp3) is 0.130. The van der Waals surface area contributed by atoms with Crippen LogP contribution >= 0.6 is 11.8 Å². The lowest BCUT2D eigenvalue weighted by Crippen LogP contribution is -2.20. The molecule has 0 spiro atoms. The van der Waals surface area contributed by atoms with Crippen molar-refractivity contribution in [2.45, 2.75) is 17.5 Å². The topological polar surface area (TPSA) is 74.3 Å². The second kappa shape index (κ2) is 8.23. The van der Waals surface area contributed by atoms with Gasteiger partial charge in [-0.05, 0) is 42.0 Å². The first-order chi connectivity index (χ1) is 15.2. The first kappa shape index (κ1) is 19.3. The van der Waals surface area contributed by atoms with E-state index in [0.29, 0.717) is 17.8 Å². The van der Waals surface area contributed by atoms with E-state index in [0.717, 1.165) is 33.4 Å². The maximum Gasteiger partial charge on any atom is 0.262 e. The molecule has 0 saturated carbocycles. The molecule has 0 amide bonds. The molecule has 31 heavy (non-hydrogen) atoms. The number of hydrogen-bond acceptors (Lipinski definition) is 6. The molecule has 0 fully saturated rings. The third-order valence-corrected chi connectivity index (χ3v) is 6.00. The fourth-order valence-electron chi connectivity index (χ4n) is 3.38. The summed E-state index contributed by atoms with van der Waals surface area (Å²) in [6.45, 7) is 0.437. The summed E-state index contributed by atoms with van der Waals surface area (Å²) in [4.78, 5) is 16.8. The maximum atomic E-state index is 12.6. The van der Waals surface area contributed by atoms with Gasteiger partial charge in [0.15, 0.2) is 5.16 Å². The van der Waals surface area contributed by atoms with Crippen molar-refractivity contribution in [2.75, 3.05) is 0 Å². The van der Waals surface area contributed by atoms with E-state index in [1.807, 2.05) is 71.1 Å². The average molecular weight is 430 g/mol. The Morgan fingerprint density at radius 1 is 0.968 bits per heavy atom. The van der Waals surface area contributed by atoms with Crippen molar-refractivity contribution in [1.82, 2.24) is 24.1 Å². The summed E-state index contributed by atoms with van der Waals surface area (Å²) in [6.07, 6.45) is 1.76. The Morgan fingerprint density at radius 3 is 2.58 bits per heavy atom. The number of para-hydroxylation sites is 1. The number of hydrogen-bond donors (Lipinski definition) is 0. The van der Waals surface area contributed by atoms with Gasteiger partial charge in [-0.1, -0.05) is 42.1 Å². The first-order valence-electron chi connectivity index (χ1n) is 9.78. The van der Waals surface area contributed by atoms with Crippen molar-refractivity contribution < 1.29 is 4.74 Å². The molecule has 8 heteroatoms. The number of aromatic nitrogens is 5. The van der Waals surface area contributed by atoms with Crippen molar-refractivity contribution >= 4 is 28.4 Å². The Hall–Kier alpha value is -3.65. The highest BCUT2D eigenvalue weighted by atomic mass is 32.2. The van der Waals surface area contributed by atoms with Crippen LogP contribution in [-0.4, -0.2) is 24.1 Å². The summed E-state index contributed by atoms with van der Waals surface area (Å²) in [5, 5.41) is 9.96. The SMILES string of the molecule is Cn1c(=O)c2ccccc2n2c(SCc3ccc(OCc4ccccn4)cc3)nnc12. The smallest absolute Gasteiger partial charge is 0.262 e. The molecule has 5 rings (SSSR count). The molecule has 7 nitrogen and oxygen atoms in total. The molecule has 0 bridgehead atoms. The Balaban J connectivity index is 1.34. The molecule has 2 aromatic carbocycles. The van der Waals surface area contributed by atoms with Gasteiger partial charge in [0.1, 0.15) is 12.4 Å². The number of rotatable bonds is 6. The minimum Gasteiger partial charge on any atom is -0.487 e. The number of ether oxygens (including phenoxy) is 1. The monoisotopic (exact) mass is 429 g/mol. The predicted molar refractivity (Wildman–Crippen MR) is 120 cm³/mol. The lowest BCUT2D eigenvalue weighted by atomic mass is 10.2. The van der Waals surface area contributed by atoms with Crippen molar-refractivity contribution in [3.05, 3.63) is 94.5 Å². The minimum atomic E-state index is -0.0756. The van der Waals surface area contributed by atoms with Gasteiger partial charge < -0.3 is 4.74 Å². The molecule has 0 aliphatic rings. The first-order valence-corrected chi connectivity index (χ1v) is 10.8. The van der Waals surface area contributed by atoms with E-state index < -0.39 is 0 Å². The van der Waals surface area contributed by atoms with Crippen LogP contribution in [0.3, 0.4) is 0 Å². The highest BCUT2D eigenvalue weighted by Gasteiger charge is 2.14. The van der Waals surface area contributed by atoms with Gasteiger partial charge in [-0.25, -0.2) is 0 Å². The second-order valence-electron chi connectivity index (χ2n) is 7.04. The molecular formula is C23H19N5O2S. The zero-order valence-electron chi connectivity index (χ0n) is 16.8. The molecule has 0 radical (unpaired) electrons. The summed E-state index contributed by atoms with van der Waals surface area (Å²) < 4.78 is 9.27. The number of pyridine rings is 1. The van der Waals surface area contributed by atoms with Crippen LogP contribution in [0.4, 0.5) is 0 Å². The molecule has 0 atom stereocenters. The molecule has 154 valence electrons. The Labute approximate surface area is 182 Å². The van der Waals surface area contributed by atoms with Gasteiger partial charge in [-0.15, -0.1) is 10.2 Å². The van der Waals surface area contributed by atoms with E-state index in [4.69, 9.17) is 4.74 Å². The fourth-order valence-corrected chi connectivity index (χ4v) is 4.27. The van der Waals surface area contributed by atoms with Gasteiger partial charge in [0, 0.05) is 19.0 Å². The van der Waals surface area contributed by atoms with Crippen LogP contribution in [-0.2, 0) is 19.4 Å². The normalized spacial score (nSPS) is 11.3. The van der Waals surface area contributed by atoms with Crippen molar-refractivity contribution in [1.29, 1.82) is 0 Å². The van der Waals surface area contributed by atoms with Crippen LogP contribution in [0.25, 0.3) is 16.7 Å². The molecule has 3 aromatic heterocycles. The highest BCUT2D eigenvalue weighted by molar-refractivity contribution is 7.98. The van der Waals surface area contributed by atoms with E-state index >= 15 is 0 Å². The number of aryl methyl sites for hydroxylation is 1. The molecule has 0 unspecified atom stereocenters. The summed E-state index contributed by atoms with van der Waals surface area (Å²) >= 11 is 1.58. The molecule has 0 saturated heterocycles. The summed E-state index contributed by atoms with van der Waals surface area (Å²) in [5.41, 5.74) is 2.77. The number of fused-ring (bicyclic) bond motifs is 3. The molecule has 3 heterocycles. The Morgan fingerprint density at radius 2 is 1.77 bits per heavy atom. The zero-order chi connectivity index (χ0) is 21.2. The van der Waals surface area contributed by atoms with Crippen LogP contribution in [0.5, 0.6) is 5.75 Å². The van der Waals surface area contributed by atoms with Gasteiger partial charge in [-0.2, -0.15) is 0 Å². The minimum absolute atomic E-state index is 0.0756. The van der Waals surface area contributed by atoms with Crippen LogP contribution in [0.15, 0.2) is 82.9 Å². The number of nitrogens with zero attached hydrogens (tertiary/aromatic N) is 5. The summed E-state index contributed by atoms with van der Waals surface area (Å²) in [6, 6.07) is 21.3. The lowest BCUT2D eigenvalue weighted by Gasteiger charge is -2.08. The molecule has 0 aliphatic heterocycles. The van der Waals surface area contributed by atoms with Crippen LogP contribution in [0.2, 0.25) is 0 Å². The van der Waals surface area contributed by atoms with E-state index in [1.165, 1.54) is 4.57 Å². The third kappa shape index (κ3) is 3.77. The van der Waals surface area contributed by atoms with E-state index in [-0.39, 0.29) is 5.56 Å². The quantitative estimate of drug-likeness (QED) is 0.382. The van der Waals surface area contributed by atoms with Gasteiger partial charge in [0.25, 0.3) is 5.56 Å². The number of thioether (sulfide) groups is 1. The van der Waals surface area contributed by atoms with Gasteiger partial charge in [-0.3, -0.25) is 18.7 Å². The maximum absolute atomic E-state index is 12.6. The van der Waals surface area contributed by atoms with Gasteiger partial charge in [0.05, 0.1) is 16.6 Å². The molecule has 5 aromatic rings. The standard InChI is InChI=1S/C23H19N5O2S/c1-27-21(29)19-7-2-3-8-20(19)28-22(27)25-26-23(28)31-15-16-9-11-18(12-10-16)30-14-17-6-4-5-13-24-17/h2-13H,14-15H2,1H3. The molecular weight excluding hydrogens is 410 g/mol. The van der Waals surface area contributed by atoms with Crippen LogP contribution in [0, 0.1) is 0 Å². The zero-order valence-corrected chi connectivity index (χ0v) is 17.6. The Kier molecular flexibility index (Phi) is 5.13. The predicted octanol–water partition coefficient (Wildman–Crippen LogP) is 3.85. The summed E-state index contributed by atoms with van der Waals surface area (Å²) in [5.74, 6) is 2.05. The molecule has 0 aliphatic carbocycles. The van der Waals surface area contributed by atoms with Gasteiger partial charge in [0.2, 0.25) is 5.78 Å². The van der Waals surface area contributed by atoms with Gasteiger partial charge >= 0.3 is 0 Å². The highest BCUT2D eigenvalue weighted by Crippen LogP contribution is 2.25. The molecule has 0 N–H and O–H groups in total. The van der Waals surface area contributed by atoms with Crippen LogP contribution in [0.1, 0.15) is 11.3 Å². The third-order valence-electron chi connectivity index (χ3n) is 5.00. The lowest BCUT2D eigenvalue weighted by molar-refractivity contribution is 0.301. The second-order valence-corrected chi connectivity index (χ2v) is 7.98. The van der Waals surface area contributed by atoms with E-state index in [1.54, 1.807) is 25.0 Å². The Bertz CT molecular complexity index is 1410.